The van der Waals surface area contributed by atoms with E-state index in [-0.39, 0.29) is 17.0 Å². The van der Waals surface area contributed by atoms with Crippen LogP contribution in [0, 0.1) is 10.1 Å². The lowest BCUT2D eigenvalue weighted by Crippen LogP contribution is -2.37. The molecule has 0 spiro atoms. The van der Waals surface area contributed by atoms with Gasteiger partial charge in [-0.15, -0.1) is 0 Å². The minimum atomic E-state index is -0.839. The van der Waals surface area contributed by atoms with E-state index < -0.39 is 22.7 Å². The Morgan fingerprint density at radius 2 is 1.66 bits per heavy atom. The van der Waals surface area contributed by atoms with Crippen LogP contribution in [-0.2, 0) is 9.59 Å². The summed E-state index contributed by atoms with van der Waals surface area (Å²) in [6.45, 7) is 2.80. The number of hydrogen-bond acceptors (Lipinski definition) is 6. The minimum Gasteiger partial charge on any atom is -0.507 e. The third-order valence-electron chi connectivity index (χ3n) is 5.93. The van der Waals surface area contributed by atoms with E-state index >= 15 is 0 Å². The summed E-state index contributed by atoms with van der Waals surface area (Å²) in [5.41, 5.74) is 0.749. The van der Waals surface area contributed by atoms with Gasteiger partial charge >= 0.3 is 0 Å². The fourth-order valence-corrected chi connectivity index (χ4v) is 4.38. The quantitative estimate of drug-likeness (QED) is 0.234. The van der Waals surface area contributed by atoms with Crippen molar-refractivity contribution in [2.24, 2.45) is 0 Å². The summed E-state index contributed by atoms with van der Waals surface area (Å²) in [5.74, 6) is -1.77. The van der Waals surface area contributed by atoms with Crippen LogP contribution in [0.5, 0.6) is 0 Å². The third kappa shape index (κ3) is 4.24. The number of carbonyl (C=O) groups excluding carboxylic acids is 2. The Kier molecular flexibility index (Phi) is 6.25. The summed E-state index contributed by atoms with van der Waals surface area (Å²) in [4.78, 5) is 40.2. The summed E-state index contributed by atoms with van der Waals surface area (Å²) in [6, 6.07) is 11.2. The monoisotopic (exact) mass is 455 g/mol. The van der Waals surface area contributed by atoms with Gasteiger partial charge in [-0.3, -0.25) is 19.7 Å². The molecule has 2 aromatic rings. The lowest BCUT2D eigenvalue weighted by Gasteiger charge is -2.27. The molecule has 1 amide bonds. The maximum Gasteiger partial charge on any atom is 0.295 e. The molecule has 2 heterocycles. The Bertz CT molecular complexity index is 1080. The van der Waals surface area contributed by atoms with Crippen molar-refractivity contribution >= 4 is 34.7 Å². The lowest BCUT2D eigenvalue weighted by atomic mass is 9.95. The number of nitro groups is 1. The summed E-state index contributed by atoms with van der Waals surface area (Å²) in [5, 5.41) is 22.5. The van der Waals surface area contributed by atoms with Gasteiger partial charge in [-0.1, -0.05) is 11.6 Å². The molecule has 4 rings (SSSR count). The Balaban J connectivity index is 1.76. The van der Waals surface area contributed by atoms with E-state index in [0.29, 0.717) is 29.2 Å². The zero-order valence-corrected chi connectivity index (χ0v) is 18.0. The molecule has 2 fully saturated rings. The van der Waals surface area contributed by atoms with E-state index in [0.717, 1.165) is 25.9 Å². The van der Waals surface area contributed by atoms with Crippen LogP contribution in [0.2, 0.25) is 5.02 Å². The normalized spacial score (nSPS) is 20.8. The highest BCUT2D eigenvalue weighted by molar-refractivity contribution is 6.46. The second-order valence-corrected chi connectivity index (χ2v) is 8.33. The number of carbonyl (C=O) groups is 2. The fourth-order valence-electron chi connectivity index (χ4n) is 4.25. The lowest BCUT2D eigenvalue weighted by molar-refractivity contribution is -0.384. The Morgan fingerprint density at radius 1 is 1.03 bits per heavy atom. The van der Waals surface area contributed by atoms with E-state index in [4.69, 9.17) is 11.6 Å². The molecule has 0 radical (unpaired) electrons. The highest BCUT2D eigenvalue weighted by Gasteiger charge is 2.46. The fraction of sp³-hybridized carbons (Fsp3) is 0.304. The predicted molar refractivity (Wildman–Crippen MR) is 119 cm³/mol. The van der Waals surface area contributed by atoms with Crippen LogP contribution in [0.25, 0.3) is 5.76 Å². The molecule has 1 unspecified atom stereocenters. The van der Waals surface area contributed by atoms with Crippen molar-refractivity contribution in [2.75, 3.05) is 26.2 Å². The average Bonchev–Trinajstić information content (AvgIpc) is 3.39. The number of Topliss-reactive ketones (excluding diaryl/α,β-unsaturated/α-hetero) is 1. The summed E-state index contributed by atoms with van der Waals surface area (Å²) in [6.07, 6.45) is 2.20. The maximum absolute atomic E-state index is 13.0. The highest BCUT2D eigenvalue weighted by atomic mass is 35.5. The molecule has 0 aliphatic carbocycles. The SMILES string of the molecule is O=C1C(=O)N(CCN2CCCC2)C(c2ccc([N+](=O)[O-])cc2)/C1=C(\O)c1ccc(Cl)cc1. The molecule has 1 N–H and O–H groups in total. The van der Waals surface area contributed by atoms with Crippen molar-refractivity contribution in [3.05, 3.63) is 80.4 Å². The first kappa shape index (κ1) is 22.0. The van der Waals surface area contributed by atoms with Gasteiger partial charge in [-0.25, -0.2) is 0 Å². The van der Waals surface area contributed by atoms with E-state index in [2.05, 4.69) is 4.90 Å². The summed E-state index contributed by atoms with van der Waals surface area (Å²) >= 11 is 5.93. The van der Waals surface area contributed by atoms with E-state index in [1.165, 1.54) is 29.2 Å². The van der Waals surface area contributed by atoms with Crippen molar-refractivity contribution in [2.45, 2.75) is 18.9 Å². The molecule has 2 aliphatic heterocycles. The molecule has 2 saturated heterocycles. The predicted octanol–water partition coefficient (Wildman–Crippen LogP) is 3.77. The van der Waals surface area contributed by atoms with Gasteiger partial charge in [0.1, 0.15) is 5.76 Å². The van der Waals surface area contributed by atoms with Crippen LogP contribution in [-0.4, -0.2) is 57.7 Å². The molecule has 32 heavy (non-hydrogen) atoms. The van der Waals surface area contributed by atoms with Crippen LogP contribution in [0.1, 0.15) is 30.0 Å². The number of aliphatic hydroxyl groups excluding tert-OH is 1. The van der Waals surface area contributed by atoms with Crippen LogP contribution >= 0.6 is 11.6 Å². The average molecular weight is 456 g/mol. The number of likely N-dealkylation sites (tertiary alicyclic amines) is 2. The van der Waals surface area contributed by atoms with Gasteiger partial charge in [0, 0.05) is 35.8 Å². The number of nitrogens with zero attached hydrogens (tertiary/aromatic N) is 3. The van der Waals surface area contributed by atoms with E-state index in [1.54, 1.807) is 24.3 Å². The number of benzene rings is 2. The number of hydrogen-bond donors (Lipinski definition) is 1. The second-order valence-electron chi connectivity index (χ2n) is 7.90. The molecule has 9 heteroatoms. The molecular weight excluding hydrogens is 434 g/mol. The molecule has 8 nitrogen and oxygen atoms in total. The van der Waals surface area contributed by atoms with Crippen molar-refractivity contribution in [3.8, 4) is 0 Å². The molecule has 0 aromatic heterocycles. The maximum atomic E-state index is 13.0. The first-order valence-electron chi connectivity index (χ1n) is 10.4. The summed E-state index contributed by atoms with van der Waals surface area (Å²) < 4.78 is 0. The molecule has 166 valence electrons. The van der Waals surface area contributed by atoms with Gasteiger partial charge < -0.3 is 14.9 Å². The number of nitro benzene ring substituents is 1. The molecule has 0 bridgehead atoms. The van der Waals surface area contributed by atoms with Crippen LogP contribution < -0.4 is 0 Å². The molecule has 1 atom stereocenters. The van der Waals surface area contributed by atoms with Gasteiger partial charge in [0.05, 0.1) is 16.5 Å². The first-order chi connectivity index (χ1) is 15.4. The molecular formula is C23H22ClN3O5. The standard InChI is InChI=1S/C23H22ClN3O5/c24-17-7-3-16(4-8-17)21(28)19-20(15-5-9-18(10-6-15)27(31)32)26(23(30)22(19)29)14-13-25-11-1-2-12-25/h3-10,20,28H,1-2,11-14H2/b21-19+. The minimum absolute atomic E-state index is 0.0346. The Hall–Kier alpha value is -3.23. The second kappa shape index (κ2) is 9.10. The number of halogens is 1. The Labute approximate surface area is 189 Å². The zero-order chi connectivity index (χ0) is 22.8. The topological polar surface area (TPSA) is 104 Å². The number of ketones is 1. The van der Waals surface area contributed by atoms with Gasteiger partial charge in [-0.2, -0.15) is 0 Å². The smallest absolute Gasteiger partial charge is 0.295 e. The van der Waals surface area contributed by atoms with Gasteiger partial charge in [0.15, 0.2) is 0 Å². The van der Waals surface area contributed by atoms with Crippen LogP contribution in [0.3, 0.4) is 0 Å². The molecule has 2 aliphatic rings. The van der Waals surface area contributed by atoms with Gasteiger partial charge in [0.2, 0.25) is 0 Å². The number of amides is 1. The number of non-ortho nitro benzene ring substituents is 1. The van der Waals surface area contributed by atoms with Crippen LogP contribution in [0.15, 0.2) is 54.1 Å². The third-order valence-corrected chi connectivity index (χ3v) is 6.19. The summed E-state index contributed by atoms with van der Waals surface area (Å²) in [7, 11) is 0. The van der Waals surface area contributed by atoms with Crippen molar-refractivity contribution < 1.29 is 19.6 Å². The molecule has 0 saturated carbocycles. The number of aliphatic hydroxyl groups is 1. The van der Waals surface area contributed by atoms with Crippen molar-refractivity contribution in [1.29, 1.82) is 0 Å². The van der Waals surface area contributed by atoms with Gasteiger partial charge in [-0.05, 0) is 67.9 Å². The van der Waals surface area contributed by atoms with E-state index in [1.807, 2.05) is 0 Å². The van der Waals surface area contributed by atoms with E-state index in [9.17, 15) is 24.8 Å². The van der Waals surface area contributed by atoms with Crippen molar-refractivity contribution in [1.82, 2.24) is 9.80 Å². The van der Waals surface area contributed by atoms with Crippen LogP contribution in [0.4, 0.5) is 5.69 Å². The van der Waals surface area contributed by atoms with Gasteiger partial charge in [0.25, 0.3) is 17.4 Å². The largest absolute Gasteiger partial charge is 0.507 e. The van der Waals surface area contributed by atoms with Crippen molar-refractivity contribution in [3.63, 3.8) is 0 Å². The first-order valence-corrected chi connectivity index (χ1v) is 10.8. The number of rotatable bonds is 6. The highest BCUT2D eigenvalue weighted by Crippen LogP contribution is 2.39. The molecule has 2 aromatic carbocycles. The zero-order valence-electron chi connectivity index (χ0n) is 17.2. The Morgan fingerprint density at radius 3 is 2.25 bits per heavy atom.